The second-order valence-corrected chi connectivity index (χ2v) is 6.20. The minimum Gasteiger partial charge on any atom is -0.394 e. The fourth-order valence-corrected chi connectivity index (χ4v) is 3.07. The summed E-state index contributed by atoms with van der Waals surface area (Å²) in [5.41, 5.74) is 3.28. The molecule has 1 aliphatic rings. The van der Waals surface area contributed by atoms with E-state index in [1.54, 1.807) is 0 Å². The first-order valence-electron chi connectivity index (χ1n) is 8.28. The molecule has 0 saturated carbocycles. The van der Waals surface area contributed by atoms with Crippen molar-refractivity contribution in [2.45, 2.75) is 24.3 Å². The lowest BCUT2D eigenvalue weighted by Crippen LogP contribution is -2.43. The zero-order valence-electron chi connectivity index (χ0n) is 13.5. The van der Waals surface area contributed by atoms with Crippen LogP contribution < -0.4 is 10.6 Å². The van der Waals surface area contributed by atoms with Crippen LogP contribution in [0, 0.1) is 0 Å². The fraction of sp³-hybridized carbons (Fsp3) is 0.368. The molecule has 0 aromatic heterocycles. The summed E-state index contributed by atoms with van der Waals surface area (Å²) >= 11 is 0. The zero-order chi connectivity index (χ0) is 16.9. The highest BCUT2D eigenvalue weighted by molar-refractivity contribution is 5.63. The van der Waals surface area contributed by atoms with Gasteiger partial charge >= 0.3 is 0 Å². The number of benzene rings is 2. The first kappa shape index (κ1) is 17.1. The summed E-state index contributed by atoms with van der Waals surface area (Å²) in [6.45, 7) is 0.836. The second-order valence-electron chi connectivity index (χ2n) is 6.20. The molecule has 0 spiro atoms. The third kappa shape index (κ3) is 3.83. The monoisotopic (exact) mass is 328 g/mol. The van der Waals surface area contributed by atoms with Gasteiger partial charge in [-0.05, 0) is 16.7 Å². The molecule has 5 heteroatoms. The van der Waals surface area contributed by atoms with Crippen molar-refractivity contribution >= 4 is 0 Å². The molecule has 24 heavy (non-hydrogen) atoms. The van der Waals surface area contributed by atoms with E-state index in [1.807, 2.05) is 42.5 Å². The first-order chi connectivity index (χ1) is 11.7. The Labute approximate surface area is 142 Å². The largest absolute Gasteiger partial charge is 0.394 e. The predicted molar refractivity (Wildman–Crippen MR) is 93.5 cm³/mol. The molecule has 1 fully saturated rings. The highest BCUT2D eigenvalue weighted by Crippen LogP contribution is 2.22. The quantitative estimate of drug-likeness (QED) is 0.538. The summed E-state index contributed by atoms with van der Waals surface area (Å²) in [4.78, 5) is 0. The van der Waals surface area contributed by atoms with E-state index < -0.39 is 12.2 Å². The predicted octanol–water partition coefficient (Wildman–Crippen LogP) is 0.670. The van der Waals surface area contributed by atoms with E-state index in [0.717, 1.165) is 16.7 Å². The summed E-state index contributed by atoms with van der Waals surface area (Å²) in [7, 11) is 0. The molecule has 0 unspecified atom stereocenters. The van der Waals surface area contributed by atoms with E-state index in [2.05, 4.69) is 22.8 Å². The molecule has 0 bridgehead atoms. The Morgan fingerprint density at radius 2 is 1.67 bits per heavy atom. The van der Waals surface area contributed by atoms with E-state index in [4.69, 9.17) is 0 Å². The molecule has 0 aliphatic carbocycles. The van der Waals surface area contributed by atoms with Crippen LogP contribution in [0.1, 0.15) is 11.6 Å². The number of aliphatic hydroxyl groups excluding tert-OH is 3. The van der Waals surface area contributed by atoms with Crippen LogP contribution in [0.3, 0.4) is 0 Å². The lowest BCUT2D eigenvalue weighted by molar-refractivity contribution is 0.0399. The van der Waals surface area contributed by atoms with Crippen molar-refractivity contribution in [2.24, 2.45) is 0 Å². The van der Waals surface area contributed by atoms with Gasteiger partial charge in [-0.2, -0.15) is 0 Å². The van der Waals surface area contributed by atoms with Crippen LogP contribution in [0.2, 0.25) is 0 Å². The SMILES string of the molecule is OC[C@H](NC[C@H]1NC[C@H](O)[C@@H]1O)c1ccc(-c2ccccc2)cc1. The molecule has 5 nitrogen and oxygen atoms in total. The topological polar surface area (TPSA) is 84.8 Å². The molecule has 1 aliphatic heterocycles. The maximum atomic E-state index is 9.86. The Balaban J connectivity index is 1.63. The molecular formula is C19H24N2O3. The number of hydrogen-bond acceptors (Lipinski definition) is 5. The minimum atomic E-state index is -0.780. The number of rotatable bonds is 6. The van der Waals surface area contributed by atoms with Crippen LogP contribution in [-0.4, -0.2) is 53.3 Å². The van der Waals surface area contributed by atoms with Crippen molar-refractivity contribution < 1.29 is 15.3 Å². The third-order valence-corrected chi connectivity index (χ3v) is 4.58. The molecule has 2 aromatic rings. The van der Waals surface area contributed by atoms with Crippen molar-refractivity contribution in [1.29, 1.82) is 0 Å². The van der Waals surface area contributed by atoms with Gasteiger partial charge in [0.2, 0.25) is 0 Å². The van der Waals surface area contributed by atoms with Gasteiger partial charge in [0.05, 0.1) is 24.9 Å². The summed E-state index contributed by atoms with van der Waals surface area (Å²) in [6, 6.07) is 17.8. The molecule has 0 amide bonds. The molecule has 2 aromatic carbocycles. The minimum absolute atomic E-state index is 0.0317. The summed E-state index contributed by atoms with van der Waals surface area (Å²) in [5, 5.41) is 35.4. The maximum absolute atomic E-state index is 9.86. The van der Waals surface area contributed by atoms with Crippen molar-refractivity contribution in [3.05, 3.63) is 60.2 Å². The Morgan fingerprint density at radius 3 is 2.25 bits per heavy atom. The van der Waals surface area contributed by atoms with E-state index in [-0.39, 0.29) is 18.7 Å². The van der Waals surface area contributed by atoms with Gasteiger partial charge in [-0.1, -0.05) is 54.6 Å². The number of β-amino-alcohol motifs (C(OH)–C–C–N with tert-alkyl or cyclic N) is 1. The Kier molecular flexibility index (Phi) is 5.60. The van der Waals surface area contributed by atoms with Crippen molar-refractivity contribution in [2.75, 3.05) is 19.7 Å². The van der Waals surface area contributed by atoms with E-state index >= 15 is 0 Å². The first-order valence-corrected chi connectivity index (χ1v) is 8.28. The van der Waals surface area contributed by atoms with Crippen LogP contribution in [-0.2, 0) is 0 Å². The van der Waals surface area contributed by atoms with Crippen LogP contribution >= 0.6 is 0 Å². The fourth-order valence-electron chi connectivity index (χ4n) is 3.07. The van der Waals surface area contributed by atoms with Crippen LogP contribution in [0.5, 0.6) is 0 Å². The van der Waals surface area contributed by atoms with Crippen LogP contribution in [0.25, 0.3) is 11.1 Å². The lowest BCUT2D eigenvalue weighted by Gasteiger charge is -2.22. The lowest BCUT2D eigenvalue weighted by atomic mass is 10.0. The van der Waals surface area contributed by atoms with Gasteiger partial charge < -0.3 is 26.0 Å². The van der Waals surface area contributed by atoms with Gasteiger partial charge in [0, 0.05) is 19.1 Å². The van der Waals surface area contributed by atoms with Gasteiger partial charge in [0.25, 0.3) is 0 Å². The van der Waals surface area contributed by atoms with Gasteiger partial charge in [-0.3, -0.25) is 0 Å². The number of nitrogens with one attached hydrogen (secondary N) is 2. The van der Waals surface area contributed by atoms with E-state index in [1.165, 1.54) is 0 Å². The summed E-state index contributed by atoms with van der Waals surface area (Å²) < 4.78 is 0. The Morgan fingerprint density at radius 1 is 1.00 bits per heavy atom. The van der Waals surface area contributed by atoms with Crippen molar-refractivity contribution in [3.8, 4) is 11.1 Å². The molecule has 5 N–H and O–H groups in total. The van der Waals surface area contributed by atoms with Crippen LogP contribution in [0.15, 0.2) is 54.6 Å². The molecule has 1 heterocycles. The molecule has 128 valence electrons. The zero-order valence-corrected chi connectivity index (χ0v) is 13.5. The maximum Gasteiger partial charge on any atom is 0.0976 e. The third-order valence-electron chi connectivity index (χ3n) is 4.58. The van der Waals surface area contributed by atoms with Gasteiger partial charge in [0.1, 0.15) is 0 Å². The molecular weight excluding hydrogens is 304 g/mol. The standard InChI is InChI=1S/C19H24N2O3/c22-12-17(20-10-16-19(24)18(23)11-21-16)15-8-6-14(7-9-15)13-4-2-1-3-5-13/h1-9,16-24H,10-12H2/t16-,17+,18+,19-/m1/s1. The van der Waals surface area contributed by atoms with Gasteiger partial charge in [-0.15, -0.1) is 0 Å². The average Bonchev–Trinajstić information content (AvgIpc) is 2.96. The normalized spacial score (nSPS) is 24.9. The van der Waals surface area contributed by atoms with Gasteiger partial charge in [0.15, 0.2) is 0 Å². The van der Waals surface area contributed by atoms with Gasteiger partial charge in [-0.25, -0.2) is 0 Å². The molecule has 0 radical (unpaired) electrons. The Bertz CT molecular complexity index is 633. The number of hydrogen-bond donors (Lipinski definition) is 5. The van der Waals surface area contributed by atoms with E-state index in [9.17, 15) is 15.3 Å². The molecule has 4 atom stereocenters. The number of aliphatic hydroxyl groups is 3. The highest BCUT2D eigenvalue weighted by atomic mass is 16.3. The smallest absolute Gasteiger partial charge is 0.0976 e. The van der Waals surface area contributed by atoms with E-state index in [0.29, 0.717) is 13.1 Å². The summed E-state index contributed by atoms with van der Waals surface area (Å²) in [5.74, 6) is 0. The van der Waals surface area contributed by atoms with Crippen LogP contribution in [0.4, 0.5) is 0 Å². The summed E-state index contributed by atoms with van der Waals surface area (Å²) in [6.07, 6.45) is -1.51. The van der Waals surface area contributed by atoms with Crippen molar-refractivity contribution in [1.82, 2.24) is 10.6 Å². The van der Waals surface area contributed by atoms with Crippen molar-refractivity contribution in [3.63, 3.8) is 0 Å². The average molecular weight is 328 g/mol. The molecule has 1 saturated heterocycles. The second kappa shape index (κ2) is 7.88. The molecule has 3 rings (SSSR count). The highest BCUT2D eigenvalue weighted by Gasteiger charge is 2.32. The Hall–Kier alpha value is -1.76.